The number of amidine groups is 1. The Morgan fingerprint density at radius 2 is 2.38 bits per heavy atom. The van der Waals surface area contributed by atoms with Gasteiger partial charge in [0.1, 0.15) is 12.0 Å². The van der Waals surface area contributed by atoms with Crippen LogP contribution in [-0.2, 0) is 0 Å². The lowest BCUT2D eigenvalue weighted by atomic mass is 10.3. The number of aromatic nitrogens is 4. The molecule has 0 aliphatic heterocycles. The molecule has 0 fully saturated rings. The van der Waals surface area contributed by atoms with Gasteiger partial charge >= 0.3 is 0 Å². The van der Waals surface area contributed by atoms with Gasteiger partial charge < -0.3 is 10.9 Å². The fourth-order valence-corrected chi connectivity index (χ4v) is 1.87. The van der Waals surface area contributed by atoms with Crippen molar-refractivity contribution in [1.82, 2.24) is 20.2 Å². The SMILES string of the molecule is N/C(=N/O)c1ncccc1Sc1ncn[nH]1. The molecular formula is C8H8N6OS. The molecule has 0 aliphatic carbocycles. The highest BCUT2D eigenvalue weighted by molar-refractivity contribution is 7.99. The quantitative estimate of drug-likeness (QED) is 0.308. The fourth-order valence-electron chi connectivity index (χ4n) is 1.06. The maximum atomic E-state index is 8.62. The Hall–Kier alpha value is -2.09. The van der Waals surface area contributed by atoms with E-state index in [9.17, 15) is 0 Å². The van der Waals surface area contributed by atoms with Crippen molar-refractivity contribution in [1.29, 1.82) is 0 Å². The third-order valence-electron chi connectivity index (χ3n) is 1.72. The number of nitrogens with two attached hydrogens (primary N) is 1. The van der Waals surface area contributed by atoms with Crippen molar-refractivity contribution in [2.45, 2.75) is 10.1 Å². The Kier molecular flexibility index (Phi) is 3.01. The molecule has 2 aromatic rings. The molecule has 0 saturated carbocycles. The number of H-pyrrole nitrogens is 1. The van der Waals surface area contributed by atoms with Crippen molar-refractivity contribution in [2.24, 2.45) is 10.9 Å². The van der Waals surface area contributed by atoms with Gasteiger partial charge in [-0.15, -0.1) is 0 Å². The lowest BCUT2D eigenvalue weighted by Gasteiger charge is -2.03. The zero-order valence-corrected chi connectivity index (χ0v) is 8.85. The van der Waals surface area contributed by atoms with Crippen LogP contribution >= 0.6 is 11.8 Å². The van der Waals surface area contributed by atoms with Gasteiger partial charge in [-0.1, -0.05) is 5.16 Å². The van der Waals surface area contributed by atoms with Gasteiger partial charge in [0.05, 0.1) is 0 Å². The van der Waals surface area contributed by atoms with E-state index in [0.717, 1.165) is 4.90 Å². The summed E-state index contributed by atoms with van der Waals surface area (Å²) in [4.78, 5) is 8.73. The summed E-state index contributed by atoms with van der Waals surface area (Å²) >= 11 is 1.30. The second kappa shape index (κ2) is 4.62. The number of nitrogens with one attached hydrogen (secondary N) is 1. The molecule has 0 saturated heterocycles. The van der Waals surface area contributed by atoms with E-state index in [1.54, 1.807) is 18.3 Å². The first-order valence-electron chi connectivity index (χ1n) is 4.27. The Balaban J connectivity index is 2.34. The Bertz CT molecular complexity index is 497. The summed E-state index contributed by atoms with van der Waals surface area (Å²) in [5.41, 5.74) is 5.91. The van der Waals surface area contributed by atoms with Crippen molar-refractivity contribution in [2.75, 3.05) is 0 Å². The van der Waals surface area contributed by atoms with Gasteiger partial charge in [-0.25, -0.2) is 4.98 Å². The molecule has 82 valence electrons. The molecule has 2 aromatic heterocycles. The van der Waals surface area contributed by atoms with Crippen LogP contribution in [0.5, 0.6) is 0 Å². The van der Waals surface area contributed by atoms with E-state index >= 15 is 0 Å². The average molecular weight is 236 g/mol. The molecule has 0 radical (unpaired) electrons. The Labute approximate surface area is 94.8 Å². The average Bonchev–Trinajstić information content (AvgIpc) is 2.82. The maximum Gasteiger partial charge on any atom is 0.189 e. The van der Waals surface area contributed by atoms with Crippen molar-refractivity contribution in [3.8, 4) is 0 Å². The summed E-state index contributed by atoms with van der Waals surface area (Å²) in [6, 6.07) is 3.56. The summed E-state index contributed by atoms with van der Waals surface area (Å²) < 4.78 is 0. The normalized spacial score (nSPS) is 11.6. The number of oxime groups is 1. The highest BCUT2D eigenvalue weighted by atomic mass is 32.2. The second-order valence-electron chi connectivity index (χ2n) is 2.73. The highest BCUT2D eigenvalue weighted by Gasteiger charge is 2.10. The molecule has 0 aliphatic rings. The molecular weight excluding hydrogens is 228 g/mol. The predicted molar refractivity (Wildman–Crippen MR) is 57.3 cm³/mol. The standard InChI is InChI=1S/C8H8N6OS/c9-7(14-15)6-5(2-1-3-10-6)16-8-11-4-12-13-8/h1-4,15H,(H2,9,14)(H,11,12,13). The zero-order valence-electron chi connectivity index (χ0n) is 8.03. The van der Waals surface area contributed by atoms with Gasteiger partial charge in [-0.2, -0.15) is 5.10 Å². The minimum atomic E-state index is -0.0392. The van der Waals surface area contributed by atoms with Crippen molar-refractivity contribution < 1.29 is 5.21 Å². The van der Waals surface area contributed by atoms with Crippen LogP contribution < -0.4 is 5.73 Å². The van der Waals surface area contributed by atoms with Gasteiger partial charge in [-0.3, -0.25) is 10.1 Å². The van der Waals surface area contributed by atoms with E-state index in [1.807, 2.05) is 0 Å². The minimum Gasteiger partial charge on any atom is -0.409 e. The largest absolute Gasteiger partial charge is 0.409 e. The van der Waals surface area contributed by atoms with E-state index in [1.165, 1.54) is 18.1 Å². The minimum absolute atomic E-state index is 0.0392. The molecule has 16 heavy (non-hydrogen) atoms. The lowest BCUT2D eigenvalue weighted by molar-refractivity contribution is 0.318. The molecule has 0 unspecified atom stereocenters. The molecule has 0 aromatic carbocycles. The van der Waals surface area contributed by atoms with Crippen molar-refractivity contribution in [3.05, 3.63) is 30.4 Å². The third-order valence-corrected chi connectivity index (χ3v) is 2.66. The summed E-state index contributed by atoms with van der Waals surface area (Å²) in [6.45, 7) is 0. The number of aromatic amines is 1. The second-order valence-corrected chi connectivity index (χ2v) is 3.76. The van der Waals surface area contributed by atoms with Crippen LogP contribution in [0, 0.1) is 0 Å². The Morgan fingerprint density at radius 1 is 1.50 bits per heavy atom. The molecule has 7 nitrogen and oxygen atoms in total. The maximum absolute atomic E-state index is 8.62. The van der Waals surface area contributed by atoms with Crippen LogP contribution in [0.25, 0.3) is 0 Å². The summed E-state index contributed by atoms with van der Waals surface area (Å²) in [5, 5.41) is 18.6. The topological polar surface area (TPSA) is 113 Å². The van der Waals surface area contributed by atoms with Gasteiger partial charge in [-0.05, 0) is 23.9 Å². The van der Waals surface area contributed by atoms with Crippen LogP contribution in [0.2, 0.25) is 0 Å². The number of hydrogen-bond donors (Lipinski definition) is 3. The van der Waals surface area contributed by atoms with E-state index in [2.05, 4.69) is 25.3 Å². The first-order valence-corrected chi connectivity index (χ1v) is 5.09. The highest BCUT2D eigenvalue weighted by Crippen LogP contribution is 2.25. The molecule has 0 spiro atoms. The van der Waals surface area contributed by atoms with Crippen LogP contribution in [0.15, 0.2) is 39.9 Å². The number of pyridine rings is 1. The zero-order chi connectivity index (χ0) is 11.4. The van der Waals surface area contributed by atoms with Gasteiger partial charge in [0.25, 0.3) is 0 Å². The van der Waals surface area contributed by atoms with E-state index in [-0.39, 0.29) is 5.84 Å². The number of hydrogen-bond acceptors (Lipinski definition) is 6. The van der Waals surface area contributed by atoms with Crippen LogP contribution in [-0.4, -0.2) is 31.2 Å². The number of rotatable bonds is 3. The summed E-state index contributed by atoms with van der Waals surface area (Å²) in [5.74, 6) is -0.0392. The van der Waals surface area contributed by atoms with E-state index in [0.29, 0.717) is 10.9 Å². The summed E-state index contributed by atoms with van der Waals surface area (Å²) in [6.07, 6.45) is 2.97. The van der Waals surface area contributed by atoms with Crippen LogP contribution in [0.3, 0.4) is 0 Å². The molecule has 2 heterocycles. The monoisotopic (exact) mass is 236 g/mol. The van der Waals surface area contributed by atoms with Crippen molar-refractivity contribution in [3.63, 3.8) is 0 Å². The van der Waals surface area contributed by atoms with E-state index in [4.69, 9.17) is 10.9 Å². The molecule has 8 heteroatoms. The first-order chi connectivity index (χ1) is 7.81. The third kappa shape index (κ3) is 2.11. The molecule has 0 amide bonds. The Morgan fingerprint density at radius 3 is 3.06 bits per heavy atom. The molecule has 0 bridgehead atoms. The lowest BCUT2D eigenvalue weighted by Crippen LogP contribution is -2.16. The fraction of sp³-hybridized carbons (Fsp3) is 0. The molecule has 4 N–H and O–H groups in total. The first kappa shape index (κ1) is 10.4. The van der Waals surface area contributed by atoms with Crippen LogP contribution in [0.1, 0.15) is 5.69 Å². The van der Waals surface area contributed by atoms with Crippen molar-refractivity contribution >= 4 is 17.6 Å². The van der Waals surface area contributed by atoms with Crippen LogP contribution in [0.4, 0.5) is 0 Å². The predicted octanol–water partition coefficient (Wildman–Crippen LogP) is 0.445. The molecule has 0 atom stereocenters. The van der Waals surface area contributed by atoms with E-state index < -0.39 is 0 Å². The number of nitrogens with zero attached hydrogens (tertiary/aromatic N) is 4. The van der Waals surface area contributed by atoms with Gasteiger partial charge in [0.2, 0.25) is 0 Å². The van der Waals surface area contributed by atoms with Gasteiger partial charge in [0.15, 0.2) is 11.0 Å². The summed E-state index contributed by atoms with van der Waals surface area (Å²) in [7, 11) is 0. The smallest absolute Gasteiger partial charge is 0.189 e. The van der Waals surface area contributed by atoms with Gasteiger partial charge in [0, 0.05) is 11.1 Å². The molecule has 2 rings (SSSR count).